The van der Waals surface area contributed by atoms with Crippen LogP contribution in [0.4, 0.5) is 4.79 Å². The van der Waals surface area contributed by atoms with Crippen LogP contribution >= 0.6 is 23.2 Å². The summed E-state index contributed by atoms with van der Waals surface area (Å²) in [5.41, 5.74) is -0.170. The Morgan fingerprint density at radius 3 is 1.97 bits per heavy atom. The van der Waals surface area contributed by atoms with Crippen LogP contribution in [0.15, 0.2) is 18.2 Å². The summed E-state index contributed by atoms with van der Waals surface area (Å²) in [7, 11) is 0. The molecule has 0 saturated heterocycles. The third-order valence-corrected chi connectivity index (χ3v) is 7.31. The molecule has 1 aromatic rings. The maximum Gasteiger partial charge on any atom is 0.373 e. The van der Waals surface area contributed by atoms with E-state index < -0.39 is 23.9 Å². The predicted octanol–water partition coefficient (Wildman–Crippen LogP) is 2.86. The summed E-state index contributed by atoms with van der Waals surface area (Å²) in [5, 5.41) is 17.8. The second kappa shape index (κ2) is 10.5. The van der Waals surface area contributed by atoms with Crippen LogP contribution in [0.2, 0.25) is 10.0 Å². The first kappa shape index (κ1) is 25.0. The van der Waals surface area contributed by atoms with Crippen LogP contribution in [0, 0.1) is 17.8 Å². The van der Waals surface area contributed by atoms with Gasteiger partial charge in [-0.2, -0.15) is 9.59 Å². The second-order valence-electron chi connectivity index (χ2n) is 9.08. The van der Waals surface area contributed by atoms with Crippen molar-refractivity contribution < 1.29 is 29.1 Å². The molecule has 0 spiro atoms. The Labute approximate surface area is 200 Å². The molecule has 178 valence electrons. The molecule has 4 bridgehead atoms. The van der Waals surface area contributed by atoms with Gasteiger partial charge in [0, 0.05) is 5.54 Å². The van der Waals surface area contributed by atoms with Crippen LogP contribution in [-0.2, 0) is 14.4 Å². The lowest BCUT2D eigenvalue weighted by Gasteiger charge is -2.56. The fourth-order valence-corrected chi connectivity index (χ4v) is 6.46. The number of halogens is 2. The zero-order chi connectivity index (χ0) is 24.2. The van der Waals surface area contributed by atoms with Gasteiger partial charge in [0.1, 0.15) is 6.04 Å². The first-order chi connectivity index (χ1) is 15.7. The molecular formula is C22H25Cl2N3O6. The predicted molar refractivity (Wildman–Crippen MR) is 118 cm³/mol. The Balaban J connectivity index is 0.000000968. The van der Waals surface area contributed by atoms with Gasteiger partial charge in [-0.15, -0.1) is 0 Å². The highest BCUT2D eigenvalue weighted by molar-refractivity contribution is 6.39. The summed E-state index contributed by atoms with van der Waals surface area (Å²) in [6.45, 7) is -0.249. The fraction of sp³-hybridized carbons (Fsp3) is 0.545. The lowest BCUT2D eigenvalue weighted by atomic mass is 9.53. The molecule has 33 heavy (non-hydrogen) atoms. The van der Waals surface area contributed by atoms with E-state index in [-0.39, 0.29) is 33.8 Å². The molecule has 4 aliphatic carbocycles. The number of hydrogen-bond acceptors (Lipinski definition) is 5. The van der Waals surface area contributed by atoms with Gasteiger partial charge in [-0.3, -0.25) is 4.79 Å². The Morgan fingerprint density at radius 1 is 1.03 bits per heavy atom. The van der Waals surface area contributed by atoms with E-state index in [9.17, 15) is 19.5 Å². The van der Waals surface area contributed by atoms with Crippen molar-refractivity contribution in [2.45, 2.75) is 50.1 Å². The molecule has 1 atom stereocenters. The molecule has 0 heterocycles. The van der Waals surface area contributed by atoms with Gasteiger partial charge in [0.25, 0.3) is 5.91 Å². The van der Waals surface area contributed by atoms with Crippen LogP contribution in [0.5, 0.6) is 0 Å². The van der Waals surface area contributed by atoms with E-state index in [1.807, 2.05) is 0 Å². The Kier molecular flexibility index (Phi) is 8.00. The highest BCUT2D eigenvalue weighted by Crippen LogP contribution is 2.55. The van der Waals surface area contributed by atoms with Crippen LogP contribution in [0.25, 0.3) is 0 Å². The number of carboxylic acid groups (broad SMARTS) is 1. The SMILES string of the molecule is O=C(NC[C@H](NC(=O)c1c(Cl)cccc1Cl)C(=O)O)NC12CC3CC(CC(C3)C1)C2.O=C=O. The molecule has 4 saturated carbocycles. The van der Waals surface area contributed by atoms with E-state index in [0.29, 0.717) is 17.8 Å². The van der Waals surface area contributed by atoms with Gasteiger partial charge in [0.2, 0.25) is 0 Å². The minimum atomic E-state index is -1.31. The number of carbonyl (C=O) groups excluding carboxylic acids is 4. The van der Waals surface area contributed by atoms with Crippen molar-refractivity contribution >= 4 is 47.3 Å². The number of amides is 3. The van der Waals surface area contributed by atoms with Crippen molar-refractivity contribution in [3.63, 3.8) is 0 Å². The van der Waals surface area contributed by atoms with E-state index in [2.05, 4.69) is 16.0 Å². The maximum atomic E-state index is 12.5. The number of urea groups is 1. The monoisotopic (exact) mass is 497 g/mol. The molecule has 0 unspecified atom stereocenters. The standard InChI is InChI=1S/C21H25Cl2N3O4.CO2/c22-14-2-1-3-15(23)17(14)18(27)25-16(19(28)29)10-24-20(30)26-21-7-11-4-12(8-21)6-13(5-11)9-21;2-1-3/h1-3,11-13,16H,4-10H2,(H,25,27)(H,28,29)(H2,24,26,30);/t11?,12?,13?,16-,21?;/m0./s1. The number of nitrogens with one attached hydrogen (secondary N) is 3. The normalized spacial score (nSPS) is 27.4. The van der Waals surface area contributed by atoms with E-state index in [1.165, 1.54) is 31.4 Å². The quantitative estimate of drug-likeness (QED) is 0.475. The van der Waals surface area contributed by atoms with Gasteiger partial charge < -0.3 is 21.1 Å². The number of aliphatic carboxylic acids is 1. The number of rotatable bonds is 6. The summed E-state index contributed by atoms with van der Waals surface area (Å²) in [6, 6.07) is 2.87. The van der Waals surface area contributed by atoms with Crippen LogP contribution in [0.1, 0.15) is 48.9 Å². The van der Waals surface area contributed by atoms with Crippen LogP contribution < -0.4 is 16.0 Å². The first-order valence-corrected chi connectivity index (χ1v) is 11.4. The van der Waals surface area contributed by atoms with Crippen molar-refractivity contribution in [2.75, 3.05) is 6.54 Å². The van der Waals surface area contributed by atoms with Crippen molar-refractivity contribution in [2.24, 2.45) is 17.8 Å². The molecule has 1 aromatic carbocycles. The summed E-state index contributed by atoms with van der Waals surface area (Å²) in [5.74, 6) is 0.0804. The third kappa shape index (κ3) is 6.05. The molecule has 0 radical (unpaired) electrons. The highest BCUT2D eigenvalue weighted by atomic mass is 35.5. The zero-order valence-electron chi connectivity index (χ0n) is 17.7. The van der Waals surface area contributed by atoms with Crippen molar-refractivity contribution in [3.05, 3.63) is 33.8 Å². The van der Waals surface area contributed by atoms with Gasteiger partial charge in [0.05, 0.1) is 22.2 Å². The third-order valence-electron chi connectivity index (χ3n) is 6.68. The topological polar surface area (TPSA) is 142 Å². The largest absolute Gasteiger partial charge is 0.480 e. The molecule has 4 N–H and O–H groups in total. The number of benzene rings is 1. The lowest BCUT2D eigenvalue weighted by molar-refractivity contribution is -0.191. The lowest BCUT2D eigenvalue weighted by Crippen LogP contribution is -2.62. The van der Waals surface area contributed by atoms with Crippen molar-refractivity contribution in [1.29, 1.82) is 0 Å². The smallest absolute Gasteiger partial charge is 0.373 e. The Hall–Kier alpha value is -2.61. The van der Waals surface area contributed by atoms with E-state index in [0.717, 1.165) is 19.3 Å². The molecule has 4 aliphatic rings. The average molecular weight is 498 g/mol. The summed E-state index contributed by atoms with van der Waals surface area (Å²) < 4.78 is 0. The van der Waals surface area contributed by atoms with Gasteiger partial charge in [0.15, 0.2) is 0 Å². The molecule has 3 amide bonds. The van der Waals surface area contributed by atoms with Gasteiger partial charge in [-0.1, -0.05) is 29.3 Å². The molecular weight excluding hydrogens is 473 g/mol. The van der Waals surface area contributed by atoms with Crippen molar-refractivity contribution in [1.82, 2.24) is 16.0 Å². The number of carbonyl (C=O) groups is 3. The first-order valence-electron chi connectivity index (χ1n) is 10.7. The number of carboxylic acids is 1. The summed E-state index contributed by atoms with van der Waals surface area (Å²) in [6.07, 6.45) is 7.03. The maximum absolute atomic E-state index is 12.5. The van der Waals surface area contributed by atoms with E-state index in [4.69, 9.17) is 32.8 Å². The molecule has 5 rings (SSSR count). The highest BCUT2D eigenvalue weighted by Gasteiger charge is 2.51. The van der Waals surface area contributed by atoms with Gasteiger partial charge in [-0.25, -0.2) is 9.59 Å². The second-order valence-corrected chi connectivity index (χ2v) is 9.89. The molecule has 4 fully saturated rings. The van der Waals surface area contributed by atoms with Crippen molar-refractivity contribution in [3.8, 4) is 0 Å². The molecule has 0 aromatic heterocycles. The Bertz CT molecular complexity index is 908. The minimum absolute atomic E-state index is 0.00472. The van der Waals surface area contributed by atoms with Crippen LogP contribution in [0.3, 0.4) is 0 Å². The zero-order valence-corrected chi connectivity index (χ0v) is 19.2. The minimum Gasteiger partial charge on any atom is -0.480 e. The van der Waals surface area contributed by atoms with E-state index in [1.54, 1.807) is 6.07 Å². The average Bonchev–Trinajstić information content (AvgIpc) is 2.70. The molecule has 11 heteroatoms. The number of hydrogen-bond donors (Lipinski definition) is 4. The summed E-state index contributed by atoms with van der Waals surface area (Å²) >= 11 is 12.0. The Morgan fingerprint density at radius 2 is 1.52 bits per heavy atom. The van der Waals surface area contributed by atoms with Gasteiger partial charge >= 0.3 is 18.2 Å². The van der Waals surface area contributed by atoms with Crippen LogP contribution in [-0.4, -0.2) is 47.3 Å². The van der Waals surface area contributed by atoms with Gasteiger partial charge in [-0.05, 0) is 68.4 Å². The molecule has 0 aliphatic heterocycles. The van der Waals surface area contributed by atoms with E-state index >= 15 is 0 Å². The summed E-state index contributed by atoms with van der Waals surface area (Å²) in [4.78, 5) is 52.9. The fourth-order valence-electron chi connectivity index (χ4n) is 5.89. The molecule has 9 nitrogen and oxygen atoms in total.